The molecular formula is C14H21F2NO. The van der Waals surface area contributed by atoms with E-state index in [0.29, 0.717) is 18.5 Å². The number of halogens is 2. The SMILES string of the molecule is CC(O)CC(C)(C)CNCc1cc(F)ccc1F. The lowest BCUT2D eigenvalue weighted by Gasteiger charge is -2.26. The number of aliphatic hydroxyl groups excluding tert-OH is 1. The van der Waals surface area contributed by atoms with Crippen LogP contribution in [0.25, 0.3) is 0 Å². The van der Waals surface area contributed by atoms with Gasteiger partial charge in [0.25, 0.3) is 0 Å². The Hall–Kier alpha value is -1.00. The van der Waals surface area contributed by atoms with E-state index in [2.05, 4.69) is 5.32 Å². The van der Waals surface area contributed by atoms with Crippen molar-refractivity contribution in [3.05, 3.63) is 35.4 Å². The predicted molar refractivity (Wildman–Crippen MR) is 68.1 cm³/mol. The summed E-state index contributed by atoms with van der Waals surface area (Å²) in [5, 5.41) is 12.4. The third kappa shape index (κ3) is 5.10. The molecule has 0 aliphatic carbocycles. The maximum atomic E-state index is 13.4. The van der Waals surface area contributed by atoms with Crippen molar-refractivity contribution >= 4 is 0 Å². The van der Waals surface area contributed by atoms with E-state index in [1.54, 1.807) is 6.92 Å². The van der Waals surface area contributed by atoms with Crippen molar-refractivity contribution in [2.75, 3.05) is 6.54 Å². The Bertz CT molecular complexity index is 391. The zero-order chi connectivity index (χ0) is 13.8. The average molecular weight is 257 g/mol. The van der Waals surface area contributed by atoms with Crippen molar-refractivity contribution in [1.82, 2.24) is 5.32 Å². The predicted octanol–water partition coefficient (Wildman–Crippen LogP) is 2.85. The van der Waals surface area contributed by atoms with Crippen molar-refractivity contribution in [2.24, 2.45) is 5.41 Å². The van der Waals surface area contributed by atoms with Gasteiger partial charge in [0.05, 0.1) is 6.10 Å². The van der Waals surface area contributed by atoms with Gasteiger partial charge in [-0.3, -0.25) is 0 Å². The van der Waals surface area contributed by atoms with Crippen LogP contribution in [0.5, 0.6) is 0 Å². The Morgan fingerprint density at radius 3 is 2.61 bits per heavy atom. The lowest BCUT2D eigenvalue weighted by Crippen LogP contribution is -2.31. The first kappa shape index (κ1) is 15.1. The van der Waals surface area contributed by atoms with E-state index >= 15 is 0 Å². The van der Waals surface area contributed by atoms with E-state index in [1.165, 1.54) is 6.07 Å². The van der Waals surface area contributed by atoms with Gasteiger partial charge in [0, 0.05) is 18.7 Å². The molecule has 0 saturated heterocycles. The number of aliphatic hydroxyl groups is 1. The van der Waals surface area contributed by atoms with Crippen molar-refractivity contribution in [2.45, 2.75) is 39.8 Å². The third-order valence-electron chi connectivity index (χ3n) is 2.77. The molecule has 0 aliphatic rings. The first-order valence-electron chi connectivity index (χ1n) is 6.13. The van der Waals surface area contributed by atoms with Crippen LogP contribution in [0.15, 0.2) is 18.2 Å². The smallest absolute Gasteiger partial charge is 0.127 e. The molecule has 0 fully saturated rings. The summed E-state index contributed by atoms with van der Waals surface area (Å²) >= 11 is 0. The van der Waals surface area contributed by atoms with Gasteiger partial charge in [-0.25, -0.2) is 8.78 Å². The molecule has 0 amide bonds. The highest BCUT2D eigenvalue weighted by Gasteiger charge is 2.19. The molecule has 0 spiro atoms. The van der Waals surface area contributed by atoms with E-state index in [-0.39, 0.29) is 18.1 Å². The summed E-state index contributed by atoms with van der Waals surface area (Å²) in [5.74, 6) is -0.839. The van der Waals surface area contributed by atoms with Crippen molar-refractivity contribution in [3.63, 3.8) is 0 Å². The van der Waals surface area contributed by atoms with Crippen LogP contribution in [0, 0.1) is 17.0 Å². The van der Waals surface area contributed by atoms with E-state index in [9.17, 15) is 13.9 Å². The van der Waals surface area contributed by atoms with Crippen LogP contribution in [-0.2, 0) is 6.54 Å². The highest BCUT2D eigenvalue weighted by molar-refractivity contribution is 5.18. The third-order valence-corrected chi connectivity index (χ3v) is 2.77. The Morgan fingerprint density at radius 2 is 2.00 bits per heavy atom. The number of hydrogen-bond acceptors (Lipinski definition) is 2. The monoisotopic (exact) mass is 257 g/mol. The van der Waals surface area contributed by atoms with Gasteiger partial charge < -0.3 is 10.4 Å². The summed E-state index contributed by atoms with van der Waals surface area (Å²) in [6.45, 7) is 6.71. The van der Waals surface area contributed by atoms with E-state index < -0.39 is 11.6 Å². The van der Waals surface area contributed by atoms with Crippen LogP contribution >= 0.6 is 0 Å². The summed E-state index contributed by atoms with van der Waals surface area (Å²) < 4.78 is 26.3. The Labute approximate surface area is 107 Å². The quantitative estimate of drug-likeness (QED) is 0.821. The Balaban J connectivity index is 2.48. The fourth-order valence-electron chi connectivity index (χ4n) is 2.09. The van der Waals surface area contributed by atoms with Crippen molar-refractivity contribution in [1.29, 1.82) is 0 Å². The van der Waals surface area contributed by atoms with Gasteiger partial charge in [-0.05, 0) is 37.0 Å². The molecule has 1 aromatic rings. The topological polar surface area (TPSA) is 32.3 Å². The summed E-state index contributed by atoms with van der Waals surface area (Å²) in [6, 6.07) is 3.44. The second-order valence-corrected chi connectivity index (χ2v) is 5.56. The summed E-state index contributed by atoms with van der Waals surface area (Å²) in [6.07, 6.45) is 0.291. The number of rotatable bonds is 6. The molecule has 0 saturated carbocycles. The second-order valence-electron chi connectivity index (χ2n) is 5.56. The number of hydrogen-bond donors (Lipinski definition) is 2. The highest BCUT2D eigenvalue weighted by Crippen LogP contribution is 2.21. The van der Waals surface area contributed by atoms with Gasteiger partial charge in [-0.15, -0.1) is 0 Å². The van der Waals surface area contributed by atoms with E-state index in [1.807, 2.05) is 13.8 Å². The zero-order valence-electron chi connectivity index (χ0n) is 11.1. The van der Waals surface area contributed by atoms with Gasteiger partial charge in [0.15, 0.2) is 0 Å². The minimum atomic E-state index is -0.434. The molecule has 0 heterocycles. The van der Waals surface area contributed by atoms with Gasteiger partial charge >= 0.3 is 0 Å². The van der Waals surface area contributed by atoms with Crippen LogP contribution in [0.2, 0.25) is 0 Å². The molecule has 102 valence electrons. The molecule has 0 radical (unpaired) electrons. The first-order chi connectivity index (χ1) is 8.30. The molecule has 0 aromatic heterocycles. The number of benzene rings is 1. The highest BCUT2D eigenvalue weighted by atomic mass is 19.1. The van der Waals surface area contributed by atoms with Gasteiger partial charge in [0.2, 0.25) is 0 Å². The fraction of sp³-hybridized carbons (Fsp3) is 0.571. The molecule has 1 aromatic carbocycles. The van der Waals surface area contributed by atoms with Crippen molar-refractivity contribution in [3.8, 4) is 0 Å². The summed E-state index contributed by atoms with van der Waals surface area (Å²) in [4.78, 5) is 0. The Morgan fingerprint density at radius 1 is 1.33 bits per heavy atom. The summed E-state index contributed by atoms with van der Waals surface area (Å²) in [5.41, 5.74) is 0.237. The second kappa shape index (κ2) is 6.25. The van der Waals surface area contributed by atoms with Crippen molar-refractivity contribution < 1.29 is 13.9 Å². The summed E-state index contributed by atoms with van der Waals surface area (Å²) in [7, 11) is 0. The molecule has 18 heavy (non-hydrogen) atoms. The minimum Gasteiger partial charge on any atom is -0.393 e. The molecule has 1 atom stereocenters. The molecule has 2 nitrogen and oxygen atoms in total. The molecule has 0 bridgehead atoms. The molecule has 1 rings (SSSR count). The molecule has 1 unspecified atom stereocenters. The van der Waals surface area contributed by atoms with Crippen LogP contribution in [-0.4, -0.2) is 17.8 Å². The molecule has 2 N–H and O–H groups in total. The number of nitrogens with one attached hydrogen (secondary N) is 1. The van der Waals surface area contributed by atoms with Gasteiger partial charge in [-0.1, -0.05) is 13.8 Å². The standard InChI is InChI=1S/C14H21F2NO/c1-10(18)7-14(2,3)9-17-8-11-6-12(15)4-5-13(11)16/h4-6,10,17-18H,7-9H2,1-3H3. The maximum absolute atomic E-state index is 13.4. The lowest BCUT2D eigenvalue weighted by molar-refractivity contribution is 0.128. The van der Waals surface area contributed by atoms with Crippen LogP contribution in [0.4, 0.5) is 8.78 Å². The van der Waals surface area contributed by atoms with Crippen LogP contribution in [0.1, 0.15) is 32.8 Å². The molecule has 0 aliphatic heterocycles. The van der Waals surface area contributed by atoms with Gasteiger partial charge in [0.1, 0.15) is 11.6 Å². The van der Waals surface area contributed by atoms with Crippen LogP contribution < -0.4 is 5.32 Å². The lowest BCUT2D eigenvalue weighted by atomic mass is 9.87. The first-order valence-corrected chi connectivity index (χ1v) is 6.13. The zero-order valence-corrected chi connectivity index (χ0v) is 11.1. The largest absolute Gasteiger partial charge is 0.393 e. The van der Waals surface area contributed by atoms with E-state index in [4.69, 9.17) is 0 Å². The minimum absolute atomic E-state index is 0.0853. The molecular weight excluding hydrogens is 236 g/mol. The Kier molecular flexibility index (Phi) is 5.23. The maximum Gasteiger partial charge on any atom is 0.127 e. The van der Waals surface area contributed by atoms with Crippen LogP contribution in [0.3, 0.4) is 0 Å². The molecule has 4 heteroatoms. The van der Waals surface area contributed by atoms with Gasteiger partial charge in [-0.2, -0.15) is 0 Å². The normalized spacial score (nSPS) is 13.7. The average Bonchev–Trinajstić information content (AvgIpc) is 2.21. The van der Waals surface area contributed by atoms with E-state index in [0.717, 1.165) is 12.1 Å². The fourth-order valence-corrected chi connectivity index (χ4v) is 2.09.